The molecule has 166 valence electrons. The highest BCUT2D eigenvalue weighted by Crippen LogP contribution is 2.31. The second kappa shape index (κ2) is 10.5. The lowest BCUT2D eigenvalue weighted by Crippen LogP contribution is -2.48. The molecule has 4 rings (SSSR count). The summed E-state index contributed by atoms with van der Waals surface area (Å²) in [6.07, 6.45) is 0.416. The summed E-state index contributed by atoms with van der Waals surface area (Å²) in [5, 5.41) is 0.687. The van der Waals surface area contributed by atoms with Gasteiger partial charge in [0.05, 0.1) is 13.5 Å². The van der Waals surface area contributed by atoms with Crippen LogP contribution in [0.25, 0.3) is 0 Å². The molecule has 0 aromatic heterocycles. The molecular formula is C26H27ClN2O3. The van der Waals surface area contributed by atoms with Crippen molar-refractivity contribution < 1.29 is 14.3 Å². The van der Waals surface area contributed by atoms with Gasteiger partial charge in [-0.3, -0.25) is 9.69 Å². The van der Waals surface area contributed by atoms with Crippen molar-refractivity contribution >= 4 is 17.5 Å². The summed E-state index contributed by atoms with van der Waals surface area (Å²) in [5.74, 6) is 2.35. The summed E-state index contributed by atoms with van der Waals surface area (Å²) in [5.41, 5.74) is 2.17. The molecule has 0 saturated carbocycles. The van der Waals surface area contributed by atoms with Gasteiger partial charge in [-0.1, -0.05) is 48.0 Å². The number of piperazine rings is 1. The lowest BCUT2D eigenvalue weighted by molar-refractivity contribution is -0.132. The van der Waals surface area contributed by atoms with Crippen molar-refractivity contribution in [3.63, 3.8) is 0 Å². The number of benzene rings is 3. The highest BCUT2D eigenvalue weighted by molar-refractivity contribution is 6.30. The number of halogens is 1. The van der Waals surface area contributed by atoms with Crippen LogP contribution in [-0.2, 0) is 17.8 Å². The number of methoxy groups -OCH3 is 1. The maximum absolute atomic E-state index is 12.6. The average Bonchev–Trinajstić information content (AvgIpc) is 2.81. The molecule has 0 radical (unpaired) electrons. The predicted octanol–water partition coefficient (Wildman–Crippen LogP) is 5.03. The molecule has 1 amide bonds. The molecule has 0 unspecified atom stereocenters. The SMILES string of the molecule is COc1ccccc1Oc1cccc(CN2CCN(C(=O)Cc3ccc(Cl)cc3)CC2)c1. The maximum atomic E-state index is 12.6. The number of carbonyl (C=O) groups is 1. The quantitative estimate of drug-likeness (QED) is 0.506. The Hall–Kier alpha value is -3.02. The normalized spacial score (nSPS) is 14.2. The molecule has 1 aliphatic rings. The summed E-state index contributed by atoms with van der Waals surface area (Å²) in [6.45, 7) is 4.00. The van der Waals surface area contributed by atoms with Gasteiger partial charge in [-0.2, -0.15) is 0 Å². The third-order valence-corrected chi connectivity index (χ3v) is 5.85. The average molecular weight is 451 g/mol. The molecule has 3 aromatic carbocycles. The number of rotatable bonds is 7. The van der Waals surface area contributed by atoms with Gasteiger partial charge >= 0.3 is 0 Å². The minimum Gasteiger partial charge on any atom is -0.493 e. The van der Waals surface area contributed by atoms with Gasteiger partial charge < -0.3 is 14.4 Å². The Bertz CT molecular complexity index is 1050. The van der Waals surface area contributed by atoms with Crippen LogP contribution in [0.4, 0.5) is 0 Å². The van der Waals surface area contributed by atoms with Gasteiger partial charge in [0, 0.05) is 37.7 Å². The summed E-state index contributed by atoms with van der Waals surface area (Å²) in [4.78, 5) is 17.0. The van der Waals surface area contributed by atoms with E-state index in [-0.39, 0.29) is 5.91 Å². The molecule has 1 heterocycles. The molecule has 6 heteroatoms. The predicted molar refractivity (Wildman–Crippen MR) is 127 cm³/mol. The molecule has 3 aromatic rings. The van der Waals surface area contributed by atoms with Crippen molar-refractivity contribution in [2.75, 3.05) is 33.3 Å². The van der Waals surface area contributed by atoms with Crippen molar-refractivity contribution in [3.8, 4) is 17.2 Å². The summed E-state index contributed by atoms with van der Waals surface area (Å²) >= 11 is 5.93. The van der Waals surface area contributed by atoms with E-state index in [1.165, 1.54) is 5.56 Å². The molecule has 0 N–H and O–H groups in total. The topological polar surface area (TPSA) is 42.0 Å². The second-order valence-corrected chi connectivity index (χ2v) is 8.30. The highest BCUT2D eigenvalue weighted by Gasteiger charge is 2.21. The highest BCUT2D eigenvalue weighted by atomic mass is 35.5. The Morgan fingerprint density at radius 3 is 2.31 bits per heavy atom. The Balaban J connectivity index is 1.30. The molecule has 0 bridgehead atoms. The number of carbonyl (C=O) groups excluding carboxylic acids is 1. The largest absolute Gasteiger partial charge is 0.493 e. The lowest BCUT2D eigenvalue weighted by Gasteiger charge is -2.35. The van der Waals surface area contributed by atoms with Crippen LogP contribution in [0.2, 0.25) is 5.02 Å². The Morgan fingerprint density at radius 1 is 0.875 bits per heavy atom. The van der Waals surface area contributed by atoms with Crippen molar-refractivity contribution in [2.45, 2.75) is 13.0 Å². The molecule has 0 atom stereocenters. The fraction of sp³-hybridized carbons (Fsp3) is 0.269. The number of hydrogen-bond acceptors (Lipinski definition) is 4. The fourth-order valence-electron chi connectivity index (χ4n) is 3.84. The molecule has 1 fully saturated rings. The van der Waals surface area contributed by atoms with Crippen molar-refractivity contribution in [1.29, 1.82) is 0 Å². The summed E-state index contributed by atoms with van der Waals surface area (Å²) < 4.78 is 11.4. The van der Waals surface area contributed by atoms with E-state index in [1.54, 1.807) is 7.11 Å². The third-order valence-electron chi connectivity index (χ3n) is 5.60. The molecule has 0 spiro atoms. The maximum Gasteiger partial charge on any atom is 0.227 e. The van der Waals surface area contributed by atoms with E-state index in [1.807, 2.05) is 65.6 Å². The minimum atomic E-state index is 0.166. The molecule has 1 saturated heterocycles. The van der Waals surface area contributed by atoms with Crippen LogP contribution in [0.3, 0.4) is 0 Å². The van der Waals surface area contributed by atoms with Crippen LogP contribution >= 0.6 is 11.6 Å². The van der Waals surface area contributed by atoms with Gasteiger partial charge in [-0.15, -0.1) is 0 Å². The van der Waals surface area contributed by atoms with Crippen LogP contribution in [0.15, 0.2) is 72.8 Å². The number of nitrogens with zero attached hydrogens (tertiary/aromatic N) is 2. The van der Waals surface area contributed by atoms with E-state index in [0.29, 0.717) is 22.9 Å². The zero-order valence-corrected chi connectivity index (χ0v) is 18.9. The van der Waals surface area contributed by atoms with Gasteiger partial charge in [0.2, 0.25) is 5.91 Å². The van der Waals surface area contributed by atoms with E-state index >= 15 is 0 Å². The Morgan fingerprint density at radius 2 is 1.59 bits per heavy atom. The molecular weight excluding hydrogens is 424 g/mol. The van der Waals surface area contributed by atoms with Crippen LogP contribution in [0, 0.1) is 0 Å². The van der Waals surface area contributed by atoms with Crippen molar-refractivity contribution in [2.24, 2.45) is 0 Å². The van der Waals surface area contributed by atoms with Crippen LogP contribution in [0.1, 0.15) is 11.1 Å². The van der Waals surface area contributed by atoms with Gasteiger partial charge in [0.15, 0.2) is 11.5 Å². The minimum absolute atomic E-state index is 0.166. The number of hydrogen-bond donors (Lipinski definition) is 0. The fourth-order valence-corrected chi connectivity index (χ4v) is 3.97. The first kappa shape index (κ1) is 22.2. The van der Waals surface area contributed by atoms with Crippen LogP contribution in [0.5, 0.6) is 17.2 Å². The first-order valence-electron chi connectivity index (χ1n) is 10.7. The summed E-state index contributed by atoms with van der Waals surface area (Å²) in [6, 6.07) is 23.2. The van der Waals surface area contributed by atoms with Gasteiger partial charge in [0.25, 0.3) is 0 Å². The first-order chi connectivity index (χ1) is 15.6. The number of amides is 1. The van der Waals surface area contributed by atoms with E-state index in [4.69, 9.17) is 21.1 Å². The van der Waals surface area contributed by atoms with Crippen molar-refractivity contribution in [1.82, 2.24) is 9.80 Å². The Kier molecular flexibility index (Phi) is 7.30. The lowest BCUT2D eigenvalue weighted by atomic mass is 10.1. The number of para-hydroxylation sites is 2. The van der Waals surface area contributed by atoms with E-state index in [2.05, 4.69) is 17.0 Å². The molecule has 1 aliphatic heterocycles. The van der Waals surface area contributed by atoms with Gasteiger partial charge in [-0.25, -0.2) is 0 Å². The molecule has 5 nitrogen and oxygen atoms in total. The second-order valence-electron chi connectivity index (χ2n) is 7.86. The Labute approximate surface area is 194 Å². The van der Waals surface area contributed by atoms with Gasteiger partial charge in [-0.05, 0) is 47.5 Å². The molecule has 0 aliphatic carbocycles. The van der Waals surface area contributed by atoms with E-state index in [0.717, 1.165) is 44.0 Å². The zero-order chi connectivity index (χ0) is 22.3. The first-order valence-corrected chi connectivity index (χ1v) is 11.1. The zero-order valence-electron chi connectivity index (χ0n) is 18.2. The summed E-state index contributed by atoms with van der Waals surface area (Å²) in [7, 11) is 1.64. The van der Waals surface area contributed by atoms with E-state index in [9.17, 15) is 4.79 Å². The monoisotopic (exact) mass is 450 g/mol. The third kappa shape index (κ3) is 5.81. The van der Waals surface area contributed by atoms with Crippen molar-refractivity contribution in [3.05, 3.63) is 88.9 Å². The van der Waals surface area contributed by atoms with Gasteiger partial charge in [0.1, 0.15) is 5.75 Å². The van der Waals surface area contributed by atoms with Crippen LogP contribution in [-0.4, -0.2) is 49.0 Å². The van der Waals surface area contributed by atoms with Crippen LogP contribution < -0.4 is 9.47 Å². The standard InChI is InChI=1S/C26H27ClN2O3/c1-31-24-7-2-3-8-25(24)32-23-6-4-5-21(17-23)19-28-13-15-29(16-14-28)26(30)18-20-9-11-22(27)12-10-20/h2-12,17H,13-16,18-19H2,1H3. The van der Waals surface area contributed by atoms with E-state index < -0.39 is 0 Å². The molecule has 32 heavy (non-hydrogen) atoms. The number of ether oxygens (including phenoxy) is 2. The smallest absolute Gasteiger partial charge is 0.227 e.